The highest BCUT2D eigenvalue weighted by Crippen LogP contribution is 2.40. The van der Waals surface area contributed by atoms with Crippen molar-refractivity contribution in [3.63, 3.8) is 0 Å². The summed E-state index contributed by atoms with van der Waals surface area (Å²) >= 11 is 1.69. The minimum Gasteiger partial charge on any atom is -0.481 e. The van der Waals surface area contributed by atoms with Crippen LogP contribution in [0.2, 0.25) is 0 Å². The van der Waals surface area contributed by atoms with Crippen LogP contribution in [0.25, 0.3) is 0 Å². The predicted octanol–water partition coefficient (Wildman–Crippen LogP) is 2.59. The molecule has 108 valence electrons. The van der Waals surface area contributed by atoms with Crippen molar-refractivity contribution in [2.45, 2.75) is 37.1 Å². The Kier molecular flexibility index (Phi) is 4.70. The third kappa shape index (κ3) is 3.15. The van der Waals surface area contributed by atoms with Crippen molar-refractivity contribution in [2.75, 3.05) is 12.3 Å². The van der Waals surface area contributed by atoms with Crippen LogP contribution in [0.4, 0.5) is 0 Å². The number of aliphatic carboxylic acids is 1. The van der Waals surface area contributed by atoms with E-state index in [9.17, 15) is 9.59 Å². The average molecular weight is 293 g/mol. The summed E-state index contributed by atoms with van der Waals surface area (Å²) in [5, 5.41) is 8.81. The highest BCUT2D eigenvalue weighted by Gasteiger charge is 2.33. The Morgan fingerprint density at radius 3 is 2.75 bits per heavy atom. The van der Waals surface area contributed by atoms with E-state index >= 15 is 0 Å². The quantitative estimate of drug-likeness (QED) is 0.906. The number of amides is 1. The summed E-state index contributed by atoms with van der Waals surface area (Å²) in [7, 11) is 0. The molecule has 0 spiro atoms. The van der Waals surface area contributed by atoms with Crippen molar-refractivity contribution in [3.8, 4) is 0 Å². The number of carbonyl (C=O) groups excluding carboxylic acids is 1. The van der Waals surface area contributed by atoms with Crippen molar-refractivity contribution in [1.29, 1.82) is 0 Å². The molecule has 0 bridgehead atoms. The molecule has 0 fully saturated rings. The summed E-state index contributed by atoms with van der Waals surface area (Å²) in [6.45, 7) is 4.12. The summed E-state index contributed by atoms with van der Waals surface area (Å²) < 4.78 is 0. The first-order valence-corrected chi connectivity index (χ1v) is 7.73. The molecule has 1 atom stereocenters. The fourth-order valence-electron chi connectivity index (χ4n) is 2.41. The zero-order valence-electron chi connectivity index (χ0n) is 11.7. The number of thioether (sulfide) groups is 1. The normalized spacial score (nSPS) is 17.1. The second-order valence-corrected chi connectivity index (χ2v) is 6.23. The highest BCUT2D eigenvalue weighted by molar-refractivity contribution is 7.99. The number of hydrogen-bond donors (Lipinski definition) is 1. The molecule has 0 saturated carbocycles. The molecule has 1 heterocycles. The number of rotatable bonds is 5. The van der Waals surface area contributed by atoms with Crippen molar-refractivity contribution >= 4 is 23.6 Å². The van der Waals surface area contributed by atoms with Crippen molar-refractivity contribution in [3.05, 3.63) is 29.8 Å². The van der Waals surface area contributed by atoms with E-state index in [1.807, 2.05) is 38.1 Å². The number of carboxylic acids is 1. The maximum absolute atomic E-state index is 12.7. The van der Waals surface area contributed by atoms with E-state index in [1.54, 1.807) is 16.7 Å². The molecule has 5 heteroatoms. The SMILES string of the molecule is CC(C)N(CCC(=O)O)C(=O)C1CSc2ccccc21. The van der Waals surface area contributed by atoms with Crippen LogP contribution in [-0.4, -0.2) is 40.2 Å². The van der Waals surface area contributed by atoms with Crippen LogP contribution in [0.5, 0.6) is 0 Å². The molecule has 20 heavy (non-hydrogen) atoms. The average Bonchev–Trinajstić information content (AvgIpc) is 2.81. The van der Waals surface area contributed by atoms with Gasteiger partial charge in [0, 0.05) is 23.2 Å². The Bertz CT molecular complexity index is 516. The second-order valence-electron chi connectivity index (χ2n) is 5.17. The van der Waals surface area contributed by atoms with E-state index in [0.29, 0.717) is 0 Å². The van der Waals surface area contributed by atoms with Crippen molar-refractivity contribution in [1.82, 2.24) is 4.90 Å². The zero-order chi connectivity index (χ0) is 14.7. The van der Waals surface area contributed by atoms with Gasteiger partial charge in [-0.25, -0.2) is 0 Å². The molecule has 1 amide bonds. The monoisotopic (exact) mass is 293 g/mol. The number of hydrogen-bond acceptors (Lipinski definition) is 3. The maximum atomic E-state index is 12.7. The third-order valence-corrected chi connectivity index (χ3v) is 4.65. The minimum absolute atomic E-state index is 0.00850. The van der Waals surface area contributed by atoms with E-state index in [1.165, 1.54) is 0 Å². The number of fused-ring (bicyclic) bond motifs is 1. The molecule has 0 radical (unpaired) electrons. The molecule has 4 nitrogen and oxygen atoms in total. The molecular formula is C15H19NO3S. The lowest BCUT2D eigenvalue weighted by molar-refractivity contribution is -0.139. The van der Waals surface area contributed by atoms with Crippen molar-refractivity contribution in [2.24, 2.45) is 0 Å². The summed E-state index contributed by atoms with van der Waals surface area (Å²) in [6.07, 6.45) is -0.00850. The van der Waals surface area contributed by atoms with Gasteiger partial charge in [0.15, 0.2) is 0 Å². The number of carboxylic acid groups (broad SMARTS) is 1. The fourth-order valence-corrected chi connectivity index (χ4v) is 3.63. The summed E-state index contributed by atoms with van der Waals surface area (Å²) in [5.74, 6) is -0.232. The van der Waals surface area contributed by atoms with Gasteiger partial charge in [-0.3, -0.25) is 9.59 Å². The summed E-state index contributed by atoms with van der Waals surface area (Å²) in [4.78, 5) is 26.3. The van der Waals surface area contributed by atoms with E-state index in [2.05, 4.69) is 0 Å². The smallest absolute Gasteiger partial charge is 0.305 e. The van der Waals surface area contributed by atoms with Gasteiger partial charge in [0.1, 0.15) is 0 Å². The Hall–Kier alpha value is -1.49. The first-order chi connectivity index (χ1) is 9.50. The topological polar surface area (TPSA) is 57.6 Å². The number of benzene rings is 1. The molecule has 1 unspecified atom stereocenters. The molecule has 0 aliphatic carbocycles. The predicted molar refractivity (Wildman–Crippen MR) is 79.0 cm³/mol. The van der Waals surface area contributed by atoms with Gasteiger partial charge in [-0.2, -0.15) is 0 Å². The Balaban J connectivity index is 2.15. The zero-order valence-corrected chi connectivity index (χ0v) is 12.5. The largest absolute Gasteiger partial charge is 0.481 e. The molecule has 1 aliphatic heterocycles. The third-order valence-electron chi connectivity index (χ3n) is 3.47. The fraction of sp³-hybridized carbons (Fsp3) is 0.467. The van der Waals surface area contributed by atoms with E-state index in [0.717, 1.165) is 16.2 Å². The lowest BCUT2D eigenvalue weighted by Crippen LogP contribution is -2.41. The Morgan fingerprint density at radius 1 is 1.40 bits per heavy atom. The summed E-state index contributed by atoms with van der Waals surface area (Å²) in [5.41, 5.74) is 1.07. The van der Waals surface area contributed by atoms with Crippen LogP contribution in [-0.2, 0) is 9.59 Å². The molecule has 1 aromatic carbocycles. The van der Waals surface area contributed by atoms with Gasteiger partial charge in [0.05, 0.1) is 12.3 Å². The first kappa shape index (κ1) is 14.9. The van der Waals surface area contributed by atoms with Crippen LogP contribution >= 0.6 is 11.8 Å². The molecule has 1 aliphatic rings. The Labute approximate surface area is 123 Å². The number of carbonyl (C=O) groups is 2. The molecule has 0 saturated heterocycles. The van der Waals surface area contributed by atoms with E-state index < -0.39 is 5.97 Å². The second kappa shape index (κ2) is 6.31. The minimum atomic E-state index is -0.871. The number of nitrogens with zero attached hydrogens (tertiary/aromatic N) is 1. The lowest BCUT2D eigenvalue weighted by Gasteiger charge is -2.29. The first-order valence-electron chi connectivity index (χ1n) is 6.74. The van der Waals surface area contributed by atoms with Gasteiger partial charge >= 0.3 is 5.97 Å². The van der Waals surface area contributed by atoms with Crippen molar-refractivity contribution < 1.29 is 14.7 Å². The van der Waals surface area contributed by atoms with Gasteiger partial charge in [-0.05, 0) is 25.5 Å². The standard InChI is InChI=1S/C15H19NO3S/c1-10(2)16(8-7-14(17)18)15(19)12-9-20-13-6-4-3-5-11(12)13/h3-6,10,12H,7-9H2,1-2H3,(H,17,18). The maximum Gasteiger partial charge on any atom is 0.305 e. The lowest BCUT2D eigenvalue weighted by atomic mass is 9.99. The van der Waals surface area contributed by atoms with Crippen LogP contribution in [0.3, 0.4) is 0 Å². The Morgan fingerprint density at radius 2 is 2.10 bits per heavy atom. The molecule has 1 aromatic rings. The highest BCUT2D eigenvalue weighted by atomic mass is 32.2. The molecular weight excluding hydrogens is 274 g/mol. The molecule has 0 aromatic heterocycles. The molecule has 2 rings (SSSR count). The van der Waals surface area contributed by atoms with E-state index in [-0.39, 0.29) is 30.8 Å². The van der Waals surface area contributed by atoms with E-state index in [4.69, 9.17) is 5.11 Å². The van der Waals surface area contributed by atoms with Gasteiger partial charge < -0.3 is 10.0 Å². The molecule has 1 N–H and O–H groups in total. The van der Waals surface area contributed by atoms with Gasteiger partial charge in [0.25, 0.3) is 0 Å². The van der Waals surface area contributed by atoms with Gasteiger partial charge in [-0.15, -0.1) is 11.8 Å². The van der Waals surface area contributed by atoms with Crippen LogP contribution in [0.1, 0.15) is 31.7 Å². The van der Waals surface area contributed by atoms with Gasteiger partial charge in [-0.1, -0.05) is 18.2 Å². The summed E-state index contributed by atoms with van der Waals surface area (Å²) in [6, 6.07) is 7.96. The van der Waals surface area contributed by atoms with Crippen LogP contribution in [0.15, 0.2) is 29.2 Å². The van der Waals surface area contributed by atoms with Gasteiger partial charge in [0.2, 0.25) is 5.91 Å². The van der Waals surface area contributed by atoms with Crippen LogP contribution < -0.4 is 0 Å². The van der Waals surface area contributed by atoms with Crippen LogP contribution in [0, 0.1) is 0 Å².